The molecule has 0 aliphatic carbocycles. The summed E-state index contributed by atoms with van der Waals surface area (Å²) in [6, 6.07) is 12.4. The summed E-state index contributed by atoms with van der Waals surface area (Å²) in [5, 5.41) is 12.2. The predicted molar refractivity (Wildman–Crippen MR) is 105 cm³/mol. The highest BCUT2D eigenvalue weighted by atomic mass is 16.5. The van der Waals surface area contributed by atoms with Crippen molar-refractivity contribution >= 4 is 28.7 Å². The van der Waals surface area contributed by atoms with Gasteiger partial charge in [0, 0.05) is 28.8 Å². The predicted octanol–water partition coefficient (Wildman–Crippen LogP) is 3.21. The first-order chi connectivity index (χ1) is 14.0. The number of hydrogen-bond donors (Lipinski definition) is 2. The Labute approximate surface area is 165 Å². The van der Waals surface area contributed by atoms with Crippen LogP contribution in [0, 0.1) is 0 Å². The molecule has 3 aromatic rings. The molecule has 0 spiro atoms. The van der Waals surface area contributed by atoms with E-state index in [1.807, 2.05) is 0 Å². The van der Waals surface area contributed by atoms with Crippen LogP contribution in [0.15, 0.2) is 57.7 Å². The van der Waals surface area contributed by atoms with Crippen molar-refractivity contribution in [2.75, 3.05) is 11.9 Å². The van der Waals surface area contributed by atoms with Crippen LogP contribution in [0.4, 0.5) is 10.5 Å². The summed E-state index contributed by atoms with van der Waals surface area (Å²) in [5.74, 6) is -0.559. The van der Waals surface area contributed by atoms with E-state index in [1.54, 1.807) is 43.3 Å². The maximum atomic E-state index is 12.2. The van der Waals surface area contributed by atoms with E-state index in [1.165, 1.54) is 12.1 Å². The zero-order valence-corrected chi connectivity index (χ0v) is 15.6. The van der Waals surface area contributed by atoms with Crippen molar-refractivity contribution in [3.05, 3.63) is 75.6 Å². The summed E-state index contributed by atoms with van der Waals surface area (Å²) >= 11 is 0. The van der Waals surface area contributed by atoms with E-state index < -0.39 is 17.7 Å². The molecule has 0 atom stereocenters. The van der Waals surface area contributed by atoms with Crippen LogP contribution in [0.1, 0.15) is 28.4 Å². The molecule has 2 aromatic carbocycles. The van der Waals surface area contributed by atoms with Crippen molar-refractivity contribution in [2.45, 2.75) is 20.1 Å². The number of esters is 1. The van der Waals surface area contributed by atoms with Crippen LogP contribution in [0.25, 0.3) is 11.0 Å². The number of rotatable bonds is 6. The topological polar surface area (TPSA) is 115 Å². The number of aliphatic hydroxyl groups is 1. The molecule has 2 N–H and O–H groups in total. The lowest BCUT2D eigenvalue weighted by atomic mass is 10.1. The first-order valence-corrected chi connectivity index (χ1v) is 8.87. The molecular weight excluding hydrogens is 378 g/mol. The summed E-state index contributed by atoms with van der Waals surface area (Å²) in [6.07, 6.45) is -0.619. The van der Waals surface area contributed by atoms with Gasteiger partial charge in [-0.15, -0.1) is 0 Å². The molecule has 29 heavy (non-hydrogen) atoms. The SMILES string of the molecule is CCOC(=O)Nc1ccc2c(COC(=O)c3ccc(CO)cc3)cc(=O)oc2c1. The molecule has 0 bridgehead atoms. The van der Waals surface area contributed by atoms with Gasteiger partial charge in [0.25, 0.3) is 0 Å². The van der Waals surface area contributed by atoms with Gasteiger partial charge in [0.1, 0.15) is 12.2 Å². The number of benzene rings is 2. The van der Waals surface area contributed by atoms with Crippen LogP contribution >= 0.6 is 0 Å². The lowest BCUT2D eigenvalue weighted by Crippen LogP contribution is -2.13. The minimum Gasteiger partial charge on any atom is -0.457 e. The van der Waals surface area contributed by atoms with E-state index >= 15 is 0 Å². The Bertz CT molecular complexity index is 1090. The molecule has 1 amide bonds. The van der Waals surface area contributed by atoms with Crippen LogP contribution in [-0.4, -0.2) is 23.8 Å². The summed E-state index contributed by atoms with van der Waals surface area (Å²) in [7, 11) is 0. The molecule has 0 saturated carbocycles. The third kappa shape index (κ3) is 4.99. The molecule has 1 heterocycles. The molecule has 0 radical (unpaired) electrons. The van der Waals surface area contributed by atoms with Crippen molar-refractivity contribution in [1.82, 2.24) is 0 Å². The van der Waals surface area contributed by atoms with Crippen LogP contribution in [-0.2, 0) is 22.7 Å². The summed E-state index contributed by atoms with van der Waals surface area (Å²) in [6.45, 7) is 1.67. The standard InChI is InChI=1S/C21H19NO7/c1-2-27-21(26)22-16-7-8-17-15(9-19(24)29-18(17)10-16)12-28-20(25)14-5-3-13(11-23)4-6-14/h3-10,23H,2,11-12H2,1H3,(H,22,26). The van der Waals surface area contributed by atoms with Crippen molar-refractivity contribution in [3.8, 4) is 0 Å². The monoisotopic (exact) mass is 397 g/mol. The second-order valence-electron chi connectivity index (χ2n) is 6.08. The minimum absolute atomic E-state index is 0.117. The Morgan fingerprint density at radius 1 is 1.07 bits per heavy atom. The fourth-order valence-electron chi connectivity index (χ4n) is 2.68. The molecule has 150 valence electrons. The molecule has 0 saturated heterocycles. The highest BCUT2D eigenvalue weighted by molar-refractivity contribution is 5.91. The number of ether oxygens (including phenoxy) is 2. The number of carbonyl (C=O) groups excluding carboxylic acids is 2. The quantitative estimate of drug-likeness (QED) is 0.485. The normalized spacial score (nSPS) is 10.6. The number of anilines is 1. The Morgan fingerprint density at radius 3 is 2.52 bits per heavy atom. The number of nitrogens with one attached hydrogen (secondary N) is 1. The number of amides is 1. The van der Waals surface area contributed by atoms with Crippen molar-refractivity contribution < 1.29 is 28.6 Å². The van der Waals surface area contributed by atoms with Gasteiger partial charge in [-0.05, 0) is 36.8 Å². The van der Waals surface area contributed by atoms with Gasteiger partial charge in [-0.1, -0.05) is 12.1 Å². The highest BCUT2D eigenvalue weighted by Crippen LogP contribution is 2.22. The molecular formula is C21H19NO7. The first-order valence-electron chi connectivity index (χ1n) is 8.87. The molecule has 8 nitrogen and oxygen atoms in total. The van der Waals surface area contributed by atoms with Gasteiger partial charge in [-0.3, -0.25) is 5.32 Å². The number of hydrogen-bond acceptors (Lipinski definition) is 7. The third-order valence-corrected chi connectivity index (χ3v) is 4.08. The molecule has 0 fully saturated rings. The minimum atomic E-state index is -0.619. The first kappa shape index (κ1) is 20.1. The summed E-state index contributed by atoms with van der Waals surface area (Å²) in [4.78, 5) is 35.6. The average Bonchev–Trinajstić information content (AvgIpc) is 2.71. The van der Waals surface area contributed by atoms with Gasteiger partial charge in [0.2, 0.25) is 0 Å². The molecule has 1 aromatic heterocycles. The Morgan fingerprint density at radius 2 is 1.83 bits per heavy atom. The lowest BCUT2D eigenvalue weighted by Gasteiger charge is -2.09. The summed E-state index contributed by atoms with van der Waals surface area (Å²) < 4.78 is 15.3. The van der Waals surface area contributed by atoms with Crippen molar-refractivity contribution in [2.24, 2.45) is 0 Å². The Balaban J connectivity index is 1.78. The number of carbonyl (C=O) groups is 2. The number of aliphatic hydroxyl groups excluding tert-OH is 1. The van der Waals surface area contributed by atoms with E-state index in [-0.39, 0.29) is 25.4 Å². The smallest absolute Gasteiger partial charge is 0.411 e. The largest absolute Gasteiger partial charge is 0.457 e. The van der Waals surface area contributed by atoms with Crippen LogP contribution < -0.4 is 10.9 Å². The molecule has 0 unspecified atom stereocenters. The van der Waals surface area contributed by atoms with Gasteiger partial charge in [0.05, 0.1) is 18.8 Å². The average molecular weight is 397 g/mol. The fourth-order valence-corrected chi connectivity index (χ4v) is 2.68. The highest BCUT2D eigenvalue weighted by Gasteiger charge is 2.12. The van der Waals surface area contributed by atoms with E-state index in [2.05, 4.69) is 5.32 Å². The van der Waals surface area contributed by atoms with Gasteiger partial charge < -0.3 is 19.0 Å². The molecule has 8 heteroatoms. The molecule has 0 aliphatic rings. The van der Waals surface area contributed by atoms with Crippen LogP contribution in [0.5, 0.6) is 0 Å². The lowest BCUT2D eigenvalue weighted by molar-refractivity contribution is 0.0473. The van der Waals surface area contributed by atoms with E-state index in [0.717, 1.165) is 0 Å². The maximum absolute atomic E-state index is 12.2. The molecule has 0 aliphatic heterocycles. The maximum Gasteiger partial charge on any atom is 0.411 e. The Kier molecular flexibility index (Phi) is 6.25. The third-order valence-electron chi connectivity index (χ3n) is 4.08. The van der Waals surface area contributed by atoms with Gasteiger partial charge in [-0.25, -0.2) is 14.4 Å². The zero-order chi connectivity index (χ0) is 20.8. The van der Waals surface area contributed by atoms with E-state index in [9.17, 15) is 14.4 Å². The van der Waals surface area contributed by atoms with Crippen molar-refractivity contribution in [3.63, 3.8) is 0 Å². The van der Waals surface area contributed by atoms with E-state index in [0.29, 0.717) is 27.8 Å². The van der Waals surface area contributed by atoms with Gasteiger partial charge in [-0.2, -0.15) is 0 Å². The van der Waals surface area contributed by atoms with Crippen LogP contribution in [0.2, 0.25) is 0 Å². The van der Waals surface area contributed by atoms with Crippen LogP contribution in [0.3, 0.4) is 0 Å². The zero-order valence-electron chi connectivity index (χ0n) is 15.6. The second-order valence-corrected chi connectivity index (χ2v) is 6.08. The van der Waals surface area contributed by atoms with Gasteiger partial charge >= 0.3 is 17.7 Å². The second kappa shape index (κ2) is 9.03. The van der Waals surface area contributed by atoms with Crippen molar-refractivity contribution in [1.29, 1.82) is 0 Å². The fraction of sp³-hybridized carbons (Fsp3) is 0.190. The van der Waals surface area contributed by atoms with Gasteiger partial charge in [0.15, 0.2) is 0 Å². The Hall–Kier alpha value is -3.65. The van der Waals surface area contributed by atoms with E-state index in [4.69, 9.17) is 19.0 Å². The molecule has 3 rings (SSSR count). The number of fused-ring (bicyclic) bond motifs is 1. The summed E-state index contributed by atoms with van der Waals surface area (Å²) in [5.41, 5.74) is 1.52.